The monoisotopic (exact) mass is 539 g/mol. The third-order valence-corrected chi connectivity index (χ3v) is 5.03. The molecule has 0 bridgehead atoms. The Morgan fingerprint density at radius 1 is 0.846 bits per heavy atom. The molecular weight excluding hydrogens is 530 g/mol. The van der Waals surface area contributed by atoms with Gasteiger partial charge in [-0.15, -0.1) is 0 Å². The van der Waals surface area contributed by atoms with Gasteiger partial charge in [-0.05, 0) is 76.6 Å². The number of benzene rings is 3. The van der Waals surface area contributed by atoms with Crippen LogP contribution in [0.2, 0.25) is 0 Å². The van der Waals surface area contributed by atoms with E-state index in [1.165, 1.54) is 0 Å². The third-order valence-electron chi connectivity index (χ3n) is 3.43. The van der Waals surface area contributed by atoms with Gasteiger partial charge in [0.25, 0.3) is 5.91 Å². The number of amides is 1. The minimum atomic E-state index is -0.411. The number of ether oxygens (including phenoxy) is 1. The summed E-state index contributed by atoms with van der Waals surface area (Å²) in [5, 5.41) is 12.8. The Bertz CT molecular complexity index is 941. The molecule has 0 aromatic heterocycles. The van der Waals surface area contributed by atoms with Crippen molar-refractivity contribution in [3.05, 3.63) is 79.6 Å². The van der Waals surface area contributed by atoms with E-state index in [2.05, 4.69) is 53.1 Å². The van der Waals surface area contributed by atoms with Gasteiger partial charge in [-0.25, -0.2) is 0 Å². The number of rotatable bonds is 4. The van der Waals surface area contributed by atoms with Gasteiger partial charge in [0.15, 0.2) is 0 Å². The summed E-state index contributed by atoms with van der Waals surface area (Å²) in [6.07, 6.45) is 0. The first kappa shape index (κ1) is 18.9. The Morgan fingerprint density at radius 2 is 1.42 bits per heavy atom. The van der Waals surface area contributed by atoms with Crippen molar-refractivity contribution in [1.29, 1.82) is 0 Å². The first-order valence-corrected chi connectivity index (χ1v) is 9.83. The lowest BCUT2D eigenvalue weighted by Crippen LogP contribution is -2.12. The topological polar surface area (TPSA) is 58.6 Å². The molecule has 132 valence electrons. The van der Waals surface area contributed by atoms with E-state index in [9.17, 15) is 9.90 Å². The summed E-state index contributed by atoms with van der Waals surface area (Å²) >= 11 is 9.90. The molecule has 3 aromatic carbocycles. The van der Waals surface area contributed by atoms with E-state index in [1.807, 2.05) is 24.3 Å². The molecule has 2 N–H and O–H groups in total. The molecule has 1 amide bonds. The first-order valence-electron chi connectivity index (χ1n) is 7.45. The van der Waals surface area contributed by atoms with Crippen LogP contribution in [0.25, 0.3) is 0 Å². The average Bonchev–Trinajstić information content (AvgIpc) is 2.61. The first-order chi connectivity index (χ1) is 12.4. The molecule has 0 saturated carbocycles. The van der Waals surface area contributed by atoms with Crippen LogP contribution in [0.4, 0.5) is 5.69 Å². The average molecular weight is 542 g/mol. The predicted molar refractivity (Wildman–Crippen MR) is 112 cm³/mol. The van der Waals surface area contributed by atoms with Crippen molar-refractivity contribution in [1.82, 2.24) is 0 Å². The van der Waals surface area contributed by atoms with Crippen LogP contribution in [0.3, 0.4) is 0 Å². The van der Waals surface area contributed by atoms with Gasteiger partial charge >= 0.3 is 0 Å². The van der Waals surface area contributed by atoms with Crippen molar-refractivity contribution < 1.29 is 14.6 Å². The number of nitrogens with one attached hydrogen (secondary N) is 1. The van der Waals surface area contributed by atoms with Gasteiger partial charge in [0, 0.05) is 14.6 Å². The van der Waals surface area contributed by atoms with Gasteiger partial charge in [0.2, 0.25) is 0 Å². The van der Waals surface area contributed by atoms with Gasteiger partial charge in [-0.3, -0.25) is 4.79 Å². The zero-order chi connectivity index (χ0) is 18.7. The number of phenolic OH excluding ortho intramolecular Hbond substituents is 1. The van der Waals surface area contributed by atoms with Crippen LogP contribution in [-0.4, -0.2) is 11.0 Å². The highest BCUT2D eigenvalue weighted by atomic mass is 79.9. The number of halogens is 3. The van der Waals surface area contributed by atoms with E-state index in [1.54, 1.807) is 36.4 Å². The fourth-order valence-electron chi connectivity index (χ4n) is 2.18. The molecule has 26 heavy (non-hydrogen) atoms. The van der Waals surface area contributed by atoms with Crippen LogP contribution in [0, 0.1) is 0 Å². The van der Waals surface area contributed by atoms with Crippen LogP contribution < -0.4 is 10.1 Å². The maximum absolute atomic E-state index is 12.4. The van der Waals surface area contributed by atoms with Crippen LogP contribution in [0.5, 0.6) is 17.2 Å². The summed E-state index contributed by atoms with van der Waals surface area (Å²) in [5.41, 5.74) is 0.759. The summed E-state index contributed by atoms with van der Waals surface area (Å²) < 4.78 is 7.85. The molecule has 3 rings (SSSR count). The number of carbonyl (C=O) groups is 1. The second-order valence-corrected chi connectivity index (χ2v) is 8.00. The van der Waals surface area contributed by atoms with E-state index < -0.39 is 5.91 Å². The van der Waals surface area contributed by atoms with Gasteiger partial charge in [0.1, 0.15) is 17.2 Å². The summed E-state index contributed by atoms with van der Waals surface area (Å²) in [5.74, 6) is 0.847. The quantitative estimate of drug-likeness (QED) is 0.385. The second-order valence-electron chi connectivity index (χ2n) is 5.32. The summed E-state index contributed by atoms with van der Waals surface area (Å²) in [6, 6.07) is 17.7. The number of hydrogen-bond acceptors (Lipinski definition) is 3. The number of hydrogen-bond donors (Lipinski definition) is 2. The smallest absolute Gasteiger partial charge is 0.259 e. The lowest BCUT2D eigenvalue weighted by Gasteiger charge is -2.10. The van der Waals surface area contributed by atoms with E-state index in [0.717, 1.165) is 4.47 Å². The Morgan fingerprint density at radius 3 is 2.04 bits per heavy atom. The highest BCUT2D eigenvalue weighted by molar-refractivity contribution is 9.11. The van der Waals surface area contributed by atoms with Gasteiger partial charge in [0.05, 0.1) is 10.0 Å². The standard InChI is InChI=1S/C19H12Br3NO3/c20-11-1-5-14(6-2-11)26-15-7-3-13(4-8-15)23-19(25)16-9-12(21)10-17(22)18(16)24/h1-10,24H,(H,23,25). The van der Waals surface area contributed by atoms with E-state index >= 15 is 0 Å². The molecule has 0 fully saturated rings. The minimum Gasteiger partial charge on any atom is -0.506 e. The molecule has 0 saturated heterocycles. The fraction of sp³-hybridized carbons (Fsp3) is 0. The van der Waals surface area contributed by atoms with Crippen LogP contribution in [0.1, 0.15) is 10.4 Å². The molecule has 0 spiro atoms. The van der Waals surface area contributed by atoms with E-state index in [-0.39, 0.29) is 11.3 Å². The lowest BCUT2D eigenvalue weighted by molar-refractivity contribution is 0.102. The maximum atomic E-state index is 12.4. The molecule has 0 aliphatic carbocycles. The van der Waals surface area contributed by atoms with Crippen molar-refractivity contribution >= 4 is 59.4 Å². The Kier molecular flexibility index (Phi) is 6.01. The maximum Gasteiger partial charge on any atom is 0.259 e. The van der Waals surface area contributed by atoms with E-state index in [4.69, 9.17) is 4.74 Å². The van der Waals surface area contributed by atoms with Crippen molar-refractivity contribution in [3.63, 3.8) is 0 Å². The number of aromatic hydroxyl groups is 1. The summed E-state index contributed by atoms with van der Waals surface area (Å²) in [6.45, 7) is 0. The fourth-order valence-corrected chi connectivity index (χ4v) is 3.67. The third kappa shape index (κ3) is 4.66. The molecule has 0 atom stereocenters. The molecule has 0 heterocycles. The number of anilines is 1. The predicted octanol–water partition coefficient (Wildman–Crippen LogP) is 6.72. The van der Waals surface area contributed by atoms with Crippen LogP contribution in [-0.2, 0) is 0 Å². The largest absolute Gasteiger partial charge is 0.506 e. The van der Waals surface area contributed by atoms with Crippen molar-refractivity contribution in [2.45, 2.75) is 0 Å². The highest BCUT2D eigenvalue weighted by Crippen LogP contribution is 2.32. The molecular formula is C19H12Br3NO3. The summed E-state index contributed by atoms with van der Waals surface area (Å²) in [4.78, 5) is 12.4. The minimum absolute atomic E-state index is 0.110. The Labute approximate surface area is 175 Å². The molecule has 4 nitrogen and oxygen atoms in total. The number of carbonyl (C=O) groups excluding carboxylic acids is 1. The molecule has 0 aliphatic rings. The molecule has 7 heteroatoms. The van der Waals surface area contributed by atoms with Crippen LogP contribution in [0.15, 0.2) is 74.1 Å². The Hall–Kier alpha value is -1.83. The zero-order valence-corrected chi connectivity index (χ0v) is 17.9. The lowest BCUT2D eigenvalue weighted by atomic mass is 10.2. The van der Waals surface area contributed by atoms with Crippen molar-refractivity contribution in [2.24, 2.45) is 0 Å². The van der Waals surface area contributed by atoms with E-state index in [0.29, 0.717) is 26.1 Å². The van der Waals surface area contributed by atoms with Crippen LogP contribution >= 0.6 is 47.8 Å². The summed E-state index contributed by atoms with van der Waals surface area (Å²) in [7, 11) is 0. The SMILES string of the molecule is O=C(Nc1ccc(Oc2ccc(Br)cc2)cc1)c1cc(Br)cc(Br)c1O. The van der Waals surface area contributed by atoms with Gasteiger partial charge in [-0.1, -0.05) is 31.9 Å². The second kappa shape index (κ2) is 8.24. The molecule has 0 unspecified atom stereocenters. The van der Waals surface area contributed by atoms with Crippen molar-refractivity contribution in [2.75, 3.05) is 5.32 Å². The normalized spacial score (nSPS) is 10.4. The molecule has 3 aromatic rings. The molecule has 0 aliphatic heterocycles. The van der Waals surface area contributed by atoms with Gasteiger partial charge < -0.3 is 15.2 Å². The molecule has 0 radical (unpaired) electrons. The Balaban J connectivity index is 1.71. The highest BCUT2D eigenvalue weighted by Gasteiger charge is 2.15. The number of phenols is 1. The zero-order valence-electron chi connectivity index (χ0n) is 13.2. The van der Waals surface area contributed by atoms with Gasteiger partial charge in [-0.2, -0.15) is 0 Å². The van der Waals surface area contributed by atoms with Crippen molar-refractivity contribution in [3.8, 4) is 17.2 Å².